The van der Waals surface area contributed by atoms with Crippen LogP contribution in [0.3, 0.4) is 0 Å². The Morgan fingerprint density at radius 3 is 1.10 bits per heavy atom. The average Bonchev–Trinajstić information content (AvgIpc) is 1.13. The quantitative estimate of drug-likeness (QED) is 0.0431. The van der Waals surface area contributed by atoms with Gasteiger partial charge in [0.1, 0.15) is 75.1 Å². The second-order valence-electron chi connectivity index (χ2n) is 26.1. The molecule has 2 spiro atoms. The third-order valence-corrected chi connectivity index (χ3v) is 19.5. The largest absolute Gasteiger partial charge is 0.465 e. The SMILES string of the molecule is COC(=O)c1ccc(-c2nc(C3=CCC4(CC3)OCCO4)cnc2N)cc1F.COC(=O)c1ccc(-c2nc(C3CCC(=O)CC3)cnc2N)cc1F.COC(=O)c1ccc(-c2nc(C3CCC(O)CC3)cnc2N)cc1F.COC(=O)c1ccc(-c2nc(C3CCC4(CC3)OCCO4)cnc2N)cc1F. The number of allylic oxidation sites excluding steroid dienone is 1. The van der Waals surface area contributed by atoms with Gasteiger partial charge in [-0.3, -0.25) is 4.79 Å². The minimum absolute atomic E-state index is 0.136. The minimum atomic E-state index is -0.747. The van der Waals surface area contributed by atoms with E-state index in [1.807, 2.05) is 6.08 Å². The zero-order valence-electron chi connectivity index (χ0n) is 58.7. The van der Waals surface area contributed by atoms with E-state index in [1.165, 1.54) is 77.0 Å². The van der Waals surface area contributed by atoms with E-state index in [4.69, 9.17) is 41.9 Å². The first-order chi connectivity index (χ1) is 51.0. The van der Waals surface area contributed by atoms with E-state index in [2.05, 4.69) is 58.8 Å². The smallest absolute Gasteiger partial charge is 0.340 e. The van der Waals surface area contributed by atoms with Crippen molar-refractivity contribution in [2.45, 2.75) is 132 Å². The van der Waals surface area contributed by atoms with Crippen molar-refractivity contribution in [1.82, 2.24) is 39.9 Å². The van der Waals surface area contributed by atoms with E-state index >= 15 is 0 Å². The first kappa shape index (κ1) is 76.3. The van der Waals surface area contributed by atoms with Crippen LogP contribution in [0.15, 0.2) is 104 Å². The van der Waals surface area contributed by atoms with E-state index in [-0.39, 0.29) is 75.2 Å². The lowest BCUT2D eigenvalue weighted by Gasteiger charge is -2.35. The Labute approximate surface area is 607 Å². The molecule has 4 aromatic carbocycles. The third-order valence-electron chi connectivity index (χ3n) is 19.5. The summed E-state index contributed by atoms with van der Waals surface area (Å²) in [6, 6.07) is 16.5. The number of benzene rings is 4. The summed E-state index contributed by atoms with van der Waals surface area (Å²) in [5.74, 6) is -5.11. The monoisotopic (exact) mass is 1460 g/mol. The molecule has 14 rings (SSSR count). The highest BCUT2D eigenvalue weighted by molar-refractivity contribution is 5.93. The number of carbonyl (C=O) groups excluding carboxylic acids is 5. The highest BCUT2D eigenvalue weighted by atomic mass is 19.1. The molecule has 4 aromatic heterocycles. The van der Waals surface area contributed by atoms with Crippen molar-refractivity contribution in [3.63, 3.8) is 0 Å². The van der Waals surface area contributed by atoms with Crippen LogP contribution in [0.25, 0.3) is 50.6 Å². The average molecular weight is 1460 g/mol. The Bertz CT molecular complexity index is 4610. The maximum atomic E-state index is 14.3. The molecule has 4 aliphatic carbocycles. The van der Waals surface area contributed by atoms with Crippen molar-refractivity contribution in [2.24, 2.45) is 0 Å². The number of Topliss-reactive ketones (excluding diaryl/α,β-unsaturated/α-hetero) is 1. The maximum absolute atomic E-state index is 14.3. The van der Waals surface area contributed by atoms with Gasteiger partial charge in [-0.2, -0.15) is 0 Å². The fourth-order valence-corrected chi connectivity index (χ4v) is 13.5. The fourth-order valence-electron chi connectivity index (χ4n) is 13.5. The van der Waals surface area contributed by atoms with Crippen molar-refractivity contribution < 1.29 is 84.5 Å². The summed E-state index contributed by atoms with van der Waals surface area (Å²) in [5, 5.41) is 9.64. The molecule has 106 heavy (non-hydrogen) atoms. The van der Waals surface area contributed by atoms with Crippen molar-refractivity contribution >= 4 is 58.5 Å². The van der Waals surface area contributed by atoms with Crippen molar-refractivity contribution in [1.29, 1.82) is 0 Å². The van der Waals surface area contributed by atoms with Crippen molar-refractivity contribution in [2.75, 3.05) is 77.8 Å². The first-order valence-electron chi connectivity index (χ1n) is 34.5. The minimum Gasteiger partial charge on any atom is -0.465 e. The van der Waals surface area contributed by atoms with Crippen molar-refractivity contribution in [3.8, 4) is 45.0 Å². The lowest BCUT2D eigenvalue weighted by atomic mass is 9.83. The van der Waals surface area contributed by atoms with Crippen LogP contribution < -0.4 is 22.9 Å². The van der Waals surface area contributed by atoms with Crippen LogP contribution in [0.2, 0.25) is 0 Å². The number of nitrogen functional groups attached to an aromatic ring is 4. The van der Waals surface area contributed by atoms with Gasteiger partial charge < -0.3 is 65.9 Å². The first-order valence-corrected chi connectivity index (χ1v) is 34.5. The maximum Gasteiger partial charge on any atom is 0.340 e. The number of aliphatic hydroxyl groups excluding tert-OH is 1. The number of halogens is 4. The standard InChI is InChI=1S/C20H22FN3O4.C20H20FN3O4.C18H20FN3O3.C18H18FN3O3/c2*1-26-19(25)14-3-2-13(10-15(14)21)17-18(22)23-11-16(24-17)12-4-6-20(7-5-12)27-8-9-28-20;2*1-25-18(24)13-7-4-11(8-14(13)19)16-17(20)21-9-15(22-16)10-2-5-12(23)6-3-10/h2-3,10-12H,4-9H2,1H3,(H2,22,23);2-4,10-11H,5-9H2,1H3,(H2,22,23);4,7-10,12,23H,2-3,5-6H2,1H3,(H2,20,21);4,7-10H,2-3,5-6H2,1H3,(H2,20,21). The lowest BCUT2D eigenvalue weighted by Crippen LogP contribution is -2.34. The molecule has 9 N–H and O–H groups in total. The van der Waals surface area contributed by atoms with Gasteiger partial charge in [0, 0.05) is 78.5 Å². The summed E-state index contributed by atoms with van der Waals surface area (Å²) >= 11 is 0. The van der Waals surface area contributed by atoms with Gasteiger partial charge >= 0.3 is 23.9 Å². The second kappa shape index (κ2) is 34.0. The van der Waals surface area contributed by atoms with Gasteiger partial charge in [0.25, 0.3) is 0 Å². The zero-order valence-corrected chi connectivity index (χ0v) is 58.7. The topological polar surface area (TPSA) is 387 Å². The van der Waals surface area contributed by atoms with Crippen molar-refractivity contribution in [3.05, 3.63) is 172 Å². The van der Waals surface area contributed by atoms with E-state index in [0.717, 1.165) is 99.7 Å². The molecule has 2 saturated heterocycles. The molecule has 6 aliphatic rings. The summed E-state index contributed by atoms with van der Waals surface area (Å²) < 4.78 is 98.2. The number of anilines is 4. The van der Waals surface area contributed by atoms with E-state index in [1.54, 1.807) is 49.1 Å². The molecule has 0 bridgehead atoms. The van der Waals surface area contributed by atoms with Gasteiger partial charge in [0.15, 0.2) is 11.6 Å². The van der Waals surface area contributed by atoms with Crippen LogP contribution in [0.1, 0.15) is 178 Å². The number of esters is 4. The van der Waals surface area contributed by atoms with Gasteiger partial charge in [-0.1, -0.05) is 30.3 Å². The van der Waals surface area contributed by atoms with E-state index in [0.29, 0.717) is 96.4 Å². The molecule has 5 fully saturated rings. The van der Waals surface area contributed by atoms with Crippen LogP contribution in [0.4, 0.5) is 40.8 Å². The number of ether oxygens (including phenoxy) is 8. The Morgan fingerprint density at radius 1 is 0.434 bits per heavy atom. The Morgan fingerprint density at radius 2 is 0.764 bits per heavy atom. The Balaban J connectivity index is 0.000000141. The highest BCUT2D eigenvalue weighted by Crippen LogP contribution is 2.44. The van der Waals surface area contributed by atoms with Crippen LogP contribution in [-0.4, -0.2) is 147 Å². The molecule has 0 radical (unpaired) electrons. The van der Waals surface area contributed by atoms with Gasteiger partial charge in [-0.05, 0) is 112 Å². The summed E-state index contributed by atoms with van der Waals surface area (Å²) in [5.41, 5.74) is 30.6. The number of nitrogens with zero attached hydrogens (tertiary/aromatic N) is 8. The van der Waals surface area contributed by atoms with Crippen LogP contribution in [0.5, 0.6) is 0 Å². The van der Waals surface area contributed by atoms with Crippen LogP contribution >= 0.6 is 0 Å². The molecule has 6 heterocycles. The number of carbonyl (C=O) groups is 5. The predicted octanol–water partition coefficient (Wildman–Crippen LogP) is 11.6. The molecule has 2 aliphatic heterocycles. The number of aliphatic hydroxyl groups is 1. The Hall–Kier alpha value is -10.8. The summed E-state index contributed by atoms with van der Waals surface area (Å²) in [6.07, 6.45) is 19.4. The molecule has 0 atom stereocenters. The van der Waals surface area contributed by atoms with Gasteiger partial charge in [0.05, 0.1) is 131 Å². The molecule has 30 heteroatoms. The predicted molar refractivity (Wildman–Crippen MR) is 378 cm³/mol. The molecule has 0 unspecified atom stereocenters. The number of methoxy groups -OCH3 is 4. The second-order valence-corrected chi connectivity index (χ2v) is 26.1. The molecule has 0 amide bonds. The number of rotatable bonds is 12. The molecule has 3 saturated carbocycles. The zero-order chi connectivity index (χ0) is 75.4. The molecular weight excluding hydrogens is 1380 g/mol. The summed E-state index contributed by atoms with van der Waals surface area (Å²) in [6.45, 7) is 2.51. The molecule has 556 valence electrons. The summed E-state index contributed by atoms with van der Waals surface area (Å²) in [7, 11) is 4.80. The highest BCUT2D eigenvalue weighted by Gasteiger charge is 2.42. The number of aromatic nitrogens is 8. The Kier molecular flexibility index (Phi) is 24.5. The normalized spacial score (nSPS) is 18.2. The molecule has 26 nitrogen and oxygen atoms in total. The van der Waals surface area contributed by atoms with Crippen LogP contribution in [0, 0.1) is 23.3 Å². The number of nitrogens with two attached hydrogens (primary N) is 4. The van der Waals surface area contributed by atoms with Crippen LogP contribution in [-0.2, 0) is 42.7 Å². The third kappa shape index (κ3) is 17.8. The van der Waals surface area contributed by atoms with E-state index in [9.17, 15) is 46.6 Å². The number of hydrogen-bond acceptors (Lipinski definition) is 26. The molecular formula is C76H80F4N12O14. The van der Waals surface area contributed by atoms with Gasteiger partial charge in [-0.15, -0.1) is 0 Å². The number of hydrogen-bond donors (Lipinski definition) is 5. The van der Waals surface area contributed by atoms with Gasteiger partial charge in [0.2, 0.25) is 0 Å². The lowest BCUT2D eigenvalue weighted by molar-refractivity contribution is -0.179. The van der Waals surface area contributed by atoms with Gasteiger partial charge in [-0.25, -0.2) is 76.6 Å². The molecule has 8 aromatic rings. The van der Waals surface area contributed by atoms with E-state index < -0.39 is 58.7 Å². The summed E-state index contributed by atoms with van der Waals surface area (Å²) in [4.78, 5) is 92.8. The fraction of sp³-hybridized carbons (Fsp3) is 0.382. The number of ketones is 1.